The maximum Gasteiger partial charge on any atom is 0.266 e. The Morgan fingerprint density at radius 1 is 0.973 bits per heavy atom. The highest BCUT2D eigenvalue weighted by Gasteiger charge is 2.14. The van der Waals surface area contributed by atoms with E-state index >= 15 is 0 Å². The highest BCUT2D eigenvalue weighted by molar-refractivity contribution is 9.10. The molecule has 37 heavy (non-hydrogen) atoms. The van der Waals surface area contributed by atoms with Gasteiger partial charge in [0.15, 0.2) is 0 Å². The summed E-state index contributed by atoms with van der Waals surface area (Å²) in [5, 5.41) is 12.6. The van der Waals surface area contributed by atoms with Crippen LogP contribution in [-0.4, -0.2) is 10.5 Å². The topological polar surface area (TPSA) is 67.0 Å². The zero-order chi connectivity index (χ0) is 26.5. The lowest BCUT2D eigenvalue weighted by Gasteiger charge is -2.12. The van der Waals surface area contributed by atoms with E-state index in [-0.39, 0.29) is 5.57 Å². The second-order valence-corrected chi connectivity index (χ2v) is 9.99. The van der Waals surface area contributed by atoms with Crippen LogP contribution in [0.1, 0.15) is 33.6 Å². The molecule has 0 spiro atoms. The highest BCUT2D eigenvalue weighted by Crippen LogP contribution is 2.25. The van der Waals surface area contributed by atoms with Gasteiger partial charge in [-0.05, 0) is 111 Å². The Bertz CT molecular complexity index is 1490. The van der Waals surface area contributed by atoms with E-state index in [1.165, 1.54) is 0 Å². The lowest BCUT2D eigenvalue weighted by Crippen LogP contribution is -2.13. The Balaban J connectivity index is 1.51. The summed E-state index contributed by atoms with van der Waals surface area (Å²) in [6.45, 7) is 8.42. The van der Waals surface area contributed by atoms with Crippen LogP contribution < -0.4 is 10.1 Å². The normalized spacial score (nSPS) is 11.2. The van der Waals surface area contributed by atoms with Crippen molar-refractivity contribution in [3.63, 3.8) is 0 Å². The summed E-state index contributed by atoms with van der Waals surface area (Å²) in [4.78, 5) is 12.8. The number of nitrogens with zero attached hydrogens (tertiary/aromatic N) is 2. The molecule has 186 valence electrons. The zero-order valence-electron chi connectivity index (χ0n) is 21.3. The first kappa shape index (κ1) is 26.0. The van der Waals surface area contributed by atoms with Gasteiger partial charge in [0.05, 0.1) is 0 Å². The van der Waals surface area contributed by atoms with Crippen LogP contribution in [0.15, 0.2) is 82.8 Å². The minimum absolute atomic E-state index is 0.0519. The minimum Gasteiger partial charge on any atom is -0.489 e. The molecule has 3 aromatic carbocycles. The van der Waals surface area contributed by atoms with Gasteiger partial charge in [-0.1, -0.05) is 34.1 Å². The third-order valence-electron chi connectivity index (χ3n) is 6.03. The van der Waals surface area contributed by atoms with Crippen molar-refractivity contribution < 1.29 is 9.53 Å². The number of nitriles is 1. The van der Waals surface area contributed by atoms with Crippen molar-refractivity contribution in [2.75, 3.05) is 5.32 Å². The third kappa shape index (κ3) is 6.38. The van der Waals surface area contributed by atoms with Gasteiger partial charge in [-0.15, -0.1) is 0 Å². The summed E-state index contributed by atoms with van der Waals surface area (Å²) >= 11 is 3.44. The molecule has 0 aliphatic rings. The predicted octanol–water partition coefficient (Wildman–Crippen LogP) is 7.60. The molecule has 0 atom stereocenters. The predicted molar refractivity (Wildman–Crippen MR) is 152 cm³/mol. The van der Waals surface area contributed by atoms with E-state index in [1.54, 1.807) is 6.08 Å². The van der Waals surface area contributed by atoms with Crippen molar-refractivity contribution in [2.45, 2.75) is 34.3 Å². The average Bonchev–Trinajstić information content (AvgIpc) is 3.14. The van der Waals surface area contributed by atoms with Crippen molar-refractivity contribution in [3.05, 3.63) is 116 Å². The van der Waals surface area contributed by atoms with Crippen LogP contribution in [-0.2, 0) is 11.4 Å². The number of rotatable bonds is 7. The lowest BCUT2D eigenvalue weighted by atomic mass is 10.1. The zero-order valence-corrected chi connectivity index (χ0v) is 22.9. The summed E-state index contributed by atoms with van der Waals surface area (Å²) in [5.41, 5.74) is 7.65. The van der Waals surface area contributed by atoms with Gasteiger partial charge in [-0.3, -0.25) is 4.79 Å². The van der Waals surface area contributed by atoms with Crippen LogP contribution in [0.4, 0.5) is 5.69 Å². The van der Waals surface area contributed by atoms with Crippen LogP contribution >= 0.6 is 15.9 Å². The van der Waals surface area contributed by atoms with E-state index in [1.807, 2.05) is 100 Å². The van der Waals surface area contributed by atoms with Crippen molar-refractivity contribution in [1.29, 1.82) is 5.26 Å². The van der Waals surface area contributed by atoms with Gasteiger partial charge in [0, 0.05) is 27.2 Å². The molecule has 0 unspecified atom stereocenters. The number of carbonyl (C=O) groups is 1. The van der Waals surface area contributed by atoms with Gasteiger partial charge in [0.2, 0.25) is 0 Å². The van der Waals surface area contributed by atoms with Gasteiger partial charge in [-0.2, -0.15) is 5.26 Å². The summed E-state index contributed by atoms with van der Waals surface area (Å²) in [5.74, 6) is 0.355. The van der Waals surface area contributed by atoms with Crippen molar-refractivity contribution in [2.24, 2.45) is 0 Å². The van der Waals surface area contributed by atoms with Crippen LogP contribution in [0.2, 0.25) is 0 Å². The number of amides is 1. The number of carbonyl (C=O) groups excluding carboxylic acids is 1. The Kier molecular flexibility index (Phi) is 7.95. The van der Waals surface area contributed by atoms with Crippen molar-refractivity contribution >= 4 is 33.6 Å². The molecule has 0 saturated heterocycles. The molecule has 6 heteroatoms. The molecule has 1 heterocycles. The standard InChI is InChI=1S/C31H28BrN3O2/c1-20-13-21(2)15-28(14-20)34-31(36)26(18-33)17-25-16-22(3)35(23(25)4)29-9-11-30(12-10-29)37-19-24-5-7-27(32)8-6-24/h5-17H,19H2,1-4H3,(H,34,36)/b26-17-. The van der Waals surface area contributed by atoms with E-state index in [2.05, 4.69) is 31.9 Å². The number of anilines is 1. The van der Waals surface area contributed by atoms with E-state index in [4.69, 9.17) is 4.74 Å². The maximum absolute atomic E-state index is 12.8. The number of ether oxygens (including phenoxy) is 1. The largest absolute Gasteiger partial charge is 0.489 e. The molecule has 4 rings (SSSR count). The number of aryl methyl sites for hydroxylation is 3. The molecule has 1 aromatic heterocycles. The fraction of sp³-hybridized carbons (Fsp3) is 0.161. The molecule has 0 fully saturated rings. The van der Waals surface area contributed by atoms with E-state index in [0.717, 1.165) is 49.6 Å². The van der Waals surface area contributed by atoms with Crippen LogP contribution in [0, 0.1) is 39.0 Å². The first-order chi connectivity index (χ1) is 17.7. The summed E-state index contributed by atoms with van der Waals surface area (Å²) in [6, 6.07) is 25.8. The van der Waals surface area contributed by atoms with Crippen molar-refractivity contribution in [3.8, 4) is 17.5 Å². The molecule has 0 saturated carbocycles. The Labute approximate surface area is 226 Å². The summed E-state index contributed by atoms with van der Waals surface area (Å²) in [6.07, 6.45) is 1.65. The van der Waals surface area contributed by atoms with E-state index < -0.39 is 5.91 Å². The quantitative estimate of drug-likeness (QED) is 0.189. The highest BCUT2D eigenvalue weighted by atomic mass is 79.9. The van der Waals surface area contributed by atoms with Gasteiger partial charge in [0.25, 0.3) is 5.91 Å². The molecule has 1 amide bonds. The molecular formula is C31H28BrN3O2. The van der Waals surface area contributed by atoms with Crippen molar-refractivity contribution in [1.82, 2.24) is 4.57 Å². The van der Waals surface area contributed by atoms with E-state index in [9.17, 15) is 10.1 Å². The number of aromatic nitrogens is 1. The average molecular weight is 554 g/mol. The van der Waals surface area contributed by atoms with Crippen LogP contribution in [0.3, 0.4) is 0 Å². The Morgan fingerprint density at radius 3 is 2.24 bits per heavy atom. The fourth-order valence-electron chi connectivity index (χ4n) is 4.32. The molecule has 0 aliphatic heterocycles. The number of nitrogens with one attached hydrogen (secondary N) is 1. The number of hydrogen-bond donors (Lipinski definition) is 1. The SMILES string of the molecule is Cc1cc(C)cc(NC(=O)/C(C#N)=C\c2cc(C)n(-c3ccc(OCc4ccc(Br)cc4)cc3)c2C)c1. The monoisotopic (exact) mass is 553 g/mol. The minimum atomic E-state index is -0.426. The fourth-order valence-corrected chi connectivity index (χ4v) is 4.58. The summed E-state index contributed by atoms with van der Waals surface area (Å²) < 4.78 is 9.07. The van der Waals surface area contributed by atoms with Gasteiger partial charge >= 0.3 is 0 Å². The first-order valence-corrected chi connectivity index (χ1v) is 12.7. The molecule has 0 aliphatic carbocycles. The Hall–Kier alpha value is -4.08. The van der Waals surface area contributed by atoms with Gasteiger partial charge in [-0.25, -0.2) is 0 Å². The second kappa shape index (κ2) is 11.3. The van der Waals surface area contributed by atoms with Gasteiger partial charge in [0.1, 0.15) is 24.0 Å². The van der Waals surface area contributed by atoms with E-state index in [0.29, 0.717) is 12.3 Å². The molecule has 1 N–H and O–H groups in total. The molecule has 5 nitrogen and oxygen atoms in total. The first-order valence-electron chi connectivity index (χ1n) is 11.9. The molecular weight excluding hydrogens is 526 g/mol. The number of hydrogen-bond acceptors (Lipinski definition) is 3. The molecule has 0 bridgehead atoms. The maximum atomic E-state index is 12.8. The lowest BCUT2D eigenvalue weighted by molar-refractivity contribution is -0.112. The summed E-state index contributed by atoms with van der Waals surface area (Å²) in [7, 11) is 0. The molecule has 4 aromatic rings. The van der Waals surface area contributed by atoms with Crippen LogP contribution in [0.5, 0.6) is 5.75 Å². The third-order valence-corrected chi connectivity index (χ3v) is 6.56. The smallest absolute Gasteiger partial charge is 0.266 e. The number of halogens is 1. The van der Waals surface area contributed by atoms with Gasteiger partial charge < -0.3 is 14.6 Å². The van der Waals surface area contributed by atoms with Crippen LogP contribution in [0.25, 0.3) is 11.8 Å². The Morgan fingerprint density at radius 2 is 1.62 bits per heavy atom. The number of benzene rings is 3. The second-order valence-electron chi connectivity index (χ2n) is 9.07. The molecule has 0 radical (unpaired) electrons.